The van der Waals surface area contributed by atoms with Gasteiger partial charge in [0.25, 0.3) is 0 Å². The van der Waals surface area contributed by atoms with Gasteiger partial charge in [0.15, 0.2) is 0 Å². The van der Waals surface area contributed by atoms with E-state index in [0.717, 1.165) is 5.56 Å². The number of halogens is 3. The lowest BCUT2D eigenvalue weighted by molar-refractivity contribution is 0.106. The molecule has 0 aliphatic heterocycles. The molecule has 6 heteroatoms. The highest BCUT2D eigenvalue weighted by Crippen LogP contribution is 2.24. The number of nitrogens with one attached hydrogen (secondary N) is 1. The maximum Gasteiger partial charge on any atom is 0.138 e. The molecule has 0 bridgehead atoms. The SMILES string of the molecule is O[C@H](CNCc1ccc(Cl)cc1)COc1ccc(F)cc1Cl. The first kappa shape index (κ1) is 17.0. The number of ether oxygens (including phenoxy) is 1. The fourth-order valence-electron chi connectivity index (χ4n) is 1.82. The highest BCUT2D eigenvalue weighted by molar-refractivity contribution is 6.32. The highest BCUT2D eigenvalue weighted by Gasteiger charge is 2.08. The van der Waals surface area contributed by atoms with E-state index in [4.69, 9.17) is 27.9 Å². The van der Waals surface area contributed by atoms with Crippen LogP contribution in [0.15, 0.2) is 42.5 Å². The molecule has 0 aliphatic carbocycles. The van der Waals surface area contributed by atoms with Crippen LogP contribution in [0.3, 0.4) is 0 Å². The lowest BCUT2D eigenvalue weighted by Crippen LogP contribution is -2.31. The number of hydrogen-bond acceptors (Lipinski definition) is 3. The predicted molar refractivity (Wildman–Crippen MR) is 86.1 cm³/mol. The van der Waals surface area contributed by atoms with Crippen LogP contribution in [0.5, 0.6) is 5.75 Å². The number of rotatable bonds is 7. The van der Waals surface area contributed by atoms with Crippen LogP contribution < -0.4 is 10.1 Å². The molecule has 0 spiro atoms. The largest absolute Gasteiger partial charge is 0.489 e. The zero-order valence-corrected chi connectivity index (χ0v) is 13.2. The summed E-state index contributed by atoms with van der Waals surface area (Å²) >= 11 is 11.6. The molecule has 1 atom stereocenters. The monoisotopic (exact) mass is 343 g/mol. The molecule has 0 saturated heterocycles. The molecule has 22 heavy (non-hydrogen) atoms. The minimum atomic E-state index is -0.701. The van der Waals surface area contributed by atoms with Crippen molar-refractivity contribution in [3.05, 3.63) is 63.9 Å². The Kier molecular flexibility index (Phi) is 6.46. The second-order valence-electron chi connectivity index (χ2n) is 4.80. The first-order valence-corrected chi connectivity index (χ1v) is 7.51. The van der Waals surface area contributed by atoms with E-state index in [9.17, 15) is 9.50 Å². The topological polar surface area (TPSA) is 41.5 Å². The average Bonchev–Trinajstić information content (AvgIpc) is 2.48. The fraction of sp³-hybridized carbons (Fsp3) is 0.250. The summed E-state index contributed by atoms with van der Waals surface area (Å²) in [7, 11) is 0. The molecule has 0 aromatic heterocycles. The van der Waals surface area contributed by atoms with E-state index in [1.54, 1.807) is 0 Å². The summed E-state index contributed by atoms with van der Waals surface area (Å²) in [5.74, 6) is -0.0812. The van der Waals surface area contributed by atoms with Crippen LogP contribution in [0.2, 0.25) is 10.0 Å². The van der Waals surface area contributed by atoms with Gasteiger partial charge in [-0.15, -0.1) is 0 Å². The van der Waals surface area contributed by atoms with Crippen molar-refractivity contribution in [2.45, 2.75) is 12.6 Å². The van der Waals surface area contributed by atoms with Gasteiger partial charge in [-0.2, -0.15) is 0 Å². The van der Waals surface area contributed by atoms with Gasteiger partial charge in [-0.1, -0.05) is 35.3 Å². The molecule has 0 saturated carbocycles. The summed E-state index contributed by atoms with van der Waals surface area (Å²) in [5, 5.41) is 13.8. The van der Waals surface area contributed by atoms with E-state index in [2.05, 4.69) is 5.32 Å². The van der Waals surface area contributed by atoms with Crippen molar-refractivity contribution < 1.29 is 14.2 Å². The molecule has 0 unspecified atom stereocenters. The summed E-state index contributed by atoms with van der Waals surface area (Å²) in [6, 6.07) is 11.3. The number of benzene rings is 2. The molecule has 118 valence electrons. The van der Waals surface area contributed by atoms with Crippen molar-refractivity contribution in [2.75, 3.05) is 13.2 Å². The Hall–Kier alpha value is -1.33. The fourth-order valence-corrected chi connectivity index (χ4v) is 2.17. The summed E-state index contributed by atoms with van der Waals surface area (Å²) < 4.78 is 18.3. The van der Waals surface area contributed by atoms with Crippen LogP contribution in [0.1, 0.15) is 5.56 Å². The minimum Gasteiger partial charge on any atom is -0.489 e. The van der Waals surface area contributed by atoms with Gasteiger partial charge >= 0.3 is 0 Å². The summed E-state index contributed by atoms with van der Waals surface area (Å²) in [6.45, 7) is 1.05. The van der Waals surface area contributed by atoms with Gasteiger partial charge in [0.05, 0.1) is 5.02 Å². The highest BCUT2D eigenvalue weighted by atomic mass is 35.5. The molecule has 2 aromatic rings. The van der Waals surface area contributed by atoms with Crippen molar-refractivity contribution in [1.82, 2.24) is 5.32 Å². The van der Waals surface area contributed by atoms with Crippen LogP contribution in [0.25, 0.3) is 0 Å². The summed E-state index contributed by atoms with van der Waals surface area (Å²) in [5.41, 5.74) is 1.07. The van der Waals surface area contributed by atoms with Crippen LogP contribution >= 0.6 is 23.2 Å². The molecule has 0 fully saturated rings. The van der Waals surface area contributed by atoms with Crippen LogP contribution in [0.4, 0.5) is 4.39 Å². The van der Waals surface area contributed by atoms with E-state index in [0.29, 0.717) is 23.9 Å². The maximum absolute atomic E-state index is 12.9. The maximum atomic E-state index is 12.9. The number of hydrogen-bond donors (Lipinski definition) is 2. The van der Waals surface area contributed by atoms with Crippen LogP contribution in [-0.4, -0.2) is 24.4 Å². The molecule has 0 heterocycles. The van der Waals surface area contributed by atoms with Crippen molar-refractivity contribution in [2.24, 2.45) is 0 Å². The first-order valence-electron chi connectivity index (χ1n) is 6.75. The standard InChI is InChI=1S/C16H16Cl2FNO2/c17-12-3-1-11(2-4-12)8-20-9-14(21)10-22-16-6-5-13(19)7-15(16)18/h1-7,14,20-21H,8-10H2/t14-/m1/s1. The Labute approximate surface area is 138 Å². The second kappa shape index (κ2) is 8.34. The molecule has 0 radical (unpaired) electrons. The van der Waals surface area contributed by atoms with Crippen molar-refractivity contribution >= 4 is 23.2 Å². The summed E-state index contributed by atoms with van der Waals surface area (Å²) in [6.07, 6.45) is -0.701. The Morgan fingerprint density at radius 1 is 1.14 bits per heavy atom. The van der Waals surface area contributed by atoms with Crippen LogP contribution in [-0.2, 0) is 6.54 Å². The van der Waals surface area contributed by atoms with E-state index in [-0.39, 0.29) is 11.6 Å². The third kappa shape index (κ3) is 5.46. The van der Waals surface area contributed by atoms with Gasteiger partial charge < -0.3 is 15.2 Å². The Balaban J connectivity index is 1.71. The molecule has 2 rings (SSSR count). The first-order chi connectivity index (χ1) is 10.5. The van der Waals surface area contributed by atoms with Gasteiger partial charge in [-0.25, -0.2) is 4.39 Å². The normalized spacial score (nSPS) is 12.2. The van der Waals surface area contributed by atoms with Gasteiger partial charge in [-0.3, -0.25) is 0 Å². The van der Waals surface area contributed by atoms with Crippen molar-refractivity contribution in [3.63, 3.8) is 0 Å². The number of aliphatic hydroxyl groups excluding tert-OH is 1. The Bertz CT molecular complexity index is 608. The lowest BCUT2D eigenvalue weighted by atomic mass is 10.2. The molecular formula is C16H16Cl2FNO2. The molecule has 0 amide bonds. The third-order valence-corrected chi connectivity index (χ3v) is 3.49. The van der Waals surface area contributed by atoms with E-state index in [1.165, 1.54) is 18.2 Å². The van der Waals surface area contributed by atoms with E-state index in [1.807, 2.05) is 24.3 Å². The molecule has 2 N–H and O–H groups in total. The van der Waals surface area contributed by atoms with Crippen LogP contribution in [0, 0.1) is 5.82 Å². The van der Waals surface area contributed by atoms with Gasteiger partial charge in [-0.05, 0) is 35.9 Å². The molecule has 0 aliphatic rings. The van der Waals surface area contributed by atoms with E-state index >= 15 is 0 Å². The third-order valence-electron chi connectivity index (χ3n) is 2.95. The Morgan fingerprint density at radius 2 is 1.86 bits per heavy atom. The van der Waals surface area contributed by atoms with Crippen molar-refractivity contribution in [3.8, 4) is 5.75 Å². The zero-order chi connectivity index (χ0) is 15.9. The average molecular weight is 344 g/mol. The predicted octanol–water partition coefficient (Wildman–Crippen LogP) is 3.66. The quantitative estimate of drug-likeness (QED) is 0.805. The van der Waals surface area contributed by atoms with E-state index < -0.39 is 11.9 Å². The molecule has 2 aromatic carbocycles. The van der Waals surface area contributed by atoms with Crippen molar-refractivity contribution in [1.29, 1.82) is 0 Å². The smallest absolute Gasteiger partial charge is 0.138 e. The number of aliphatic hydroxyl groups is 1. The second-order valence-corrected chi connectivity index (χ2v) is 5.64. The van der Waals surface area contributed by atoms with Gasteiger partial charge in [0.2, 0.25) is 0 Å². The summed E-state index contributed by atoms with van der Waals surface area (Å²) in [4.78, 5) is 0. The minimum absolute atomic E-state index is 0.0684. The van der Waals surface area contributed by atoms with Gasteiger partial charge in [0, 0.05) is 18.1 Å². The van der Waals surface area contributed by atoms with Gasteiger partial charge in [0.1, 0.15) is 24.3 Å². The molecular weight excluding hydrogens is 328 g/mol. The zero-order valence-electron chi connectivity index (χ0n) is 11.7. The molecule has 3 nitrogen and oxygen atoms in total. The Morgan fingerprint density at radius 3 is 2.55 bits per heavy atom. The lowest BCUT2D eigenvalue weighted by Gasteiger charge is -2.14.